The number of urea groups is 1. The van der Waals surface area contributed by atoms with Crippen LogP contribution in [0.25, 0.3) is 11.1 Å². The maximum absolute atomic E-state index is 15.2. The Balaban J connectivity index is 1.39. The quantitative estimate of drug-likeness (QED) is 0.352. The highest BCUT2D eigenvalue weighted by molar-refractivity contribution is 6.14. The summed E-state index contributed by atoms with van der Waals surface area (Å²) in [6.07, 6.45) is -2.27. The van der Waals surface area contributed by atoms with Crippen LogP contribution in [-0.2, 0) is 12.7 Å². The minimum atomic E-state index is -4.65. The Kier molecular flexibility index (Phi) is 6.02. The van der Waals surface area contributed by atoms with Gasteiger partial charge in [0.2, 0.25) is 0 Å². The summed E-state index contributed by atoms with van der Waals surface area (Å²) in [5.74, 6) is -0.924. The third-order valence-corrected chi connectivity index (χ3v) is 6.16. The topological polar surface area (TPSA) is 82.6 Å². The van der Waals surface area contributed by atoms with Crippen molar-refractivity contribution in [2.24, 2.45) is 4.99 Å². The molecule has 10 heteroatoms. The normalized spacial score (nSPS) is 14.6. The fraction of sp³-hybridized carbons (Fsp3) is 0.148. The average Bonchev–Trinajstić information content (AvgIpc) is 3.44. The molecule has 3 N–H and O–H groups in total. The van der Waals surface area contributed by atoms with Gasteiger partial charge in [-0.3, -0.25) is 9.79 Å². The standard InChI is InChI=1S/C27H20F4N4O2/c1-14-10-23(32-12-14)18-9-8-16(19-13-33-25(36)24(18)19)17-7-6-15(11-21(17)28)34-26(37)35-22-5-3-2-4-20(22)27(29,30)31/h2-9,11-12H,10,13H2,1H3,(H,33,36)(H2,34,35,37). The van der Waals surface area contributed by atoms with Crippen LogP contribution in [0.2, 0.25) is 0 Å². The number of nitrogens with zero attached hydrogens (tertiary/aromatic N) is 1. The van der Waals surface area contributed by atoms with E-state index in [-0.39, 0.29) is 23.7 Å². The van der Waals surface area contributed by atoms with Gasteiger partial charge in [0.05, 0.1) is 22.5 Å². The molecule has 0 fully saturated rings. The van der Waals surface area contributed by atoms with Crippen LogP contribution >= 0.6 is 0 Å². The van der Waals surface area contributed by atoms with E-state index >= 15 is 4.39 Å². The minimum absolute atomic E-state index is 0.0487. The summed E-state index contributed by atoms with van der Waals surface area (Å²) >= 11 is 0. The molecule has 0 aliphatic carbocycles. The van der Waals surface area contributed by atoms with E-state index in [0.717, 1.165) is 29.5 Å². The van der Waals surface area contributed by atoms with Crippen LogP contribution in [-0.4, -0.2) is 17.6 Å². The number of rotatable bonds is 4. The Hall–Kier alpha value is -4.47. The van der Waals surface area contributed by atoms with E-state index in [4.69, 9.17) is 0 Å². The summed E-state index contributed by atoms with van der Waals surface area (Å²) in [5, 5.41) is 7.29. The van der Waals surface area contributed by atoms with Crippen molar-refractivity contribution in [1.82, 2.24) is 5.32 Å². The number of anilines is 2. The average molecular weight is 508 g/mol. The van der Waals surface area contributed by atoms with Gasteiger partial charge < -0.3 is 16.0 Å². The number of fused-ring (bicyclic) bond motifs is 1. The molecule has 3 amide bonds. The second-order valence-electron chi connectivity index (χ2n) is 8.74. The SMILES string of the molecule is CC1=CN=C(c2ccc(-c3ccc(NC(=O)Nc4ccccc4C(F)(F)F)cc3F)c3c2C(=O)NC3)C1. The van der Waals surface area contributed by atoms with Crippen molar-refractivity contribution in [1.29, 1.82) is 0 Å². The van der Waals surface area contributed by atoms with Crippen molar-refractivity contribution >= 4 is 29.0 Å². The molecule has 2 aliphatic rings. The fourth-order valence-electron chi connectivity index (χ4n) is 4.48. The number of allylic oxidation sites excluding steroid dienone is 1. The lowest BCUT2D eigenvalue weighted by Gasteiger charge is -2.15. The second-order valence-corrected chi connectivity index (χ2v) is 8.74. The smallest absolute Gasteiger partial charge is 0.348 e. The van der Waals surface area contributed by atoms with Gasteiger partial charge in [0.15, 0.2) is 0 Å². The number of alkyl halides is 3. The van der Waals surface area contributed by atoms with Crippen molar-refractivity contribution < 1.29 is 27.2 Å². The molecule has 188 valence electrons. The molecular weight excluding hydrogens is 488 g/mol. The van der Waals surface area contributed by atoms with Crippen LogP contribution in [0.3, 0.4) is 0 Å². The van der Waals surface area contributed by atoms with Crippen molar-refractivity contribution in [3.63, 3.8) is 0 Å². The maximum atomic E-state index is 15.2. The van der Waals surface area contributed by atoms with Gasteiger partial charge in [-0.2, -0.15) is 13.2 Å². The van der Waals surface area contributed by atoms with E-state index in [9.17, 15) is 22.8 Å². The lowest BCUT2D eigenvalue weighted by molar-refractivity contribution is -0.136. The van der Waals surface area contributed by atoms with E-state index in [1.807, 2.05) is 6.92 Å². The zero-order chi connectivity index (χ0) is 26.3. The molecule has 0 saturated heterocycles. The van der Waals surface area contributed by atoms with Crippen molar-refractivity contribution in [3.8, 4) is 11.1 Å². The minimum Gasteiger partial charge on any atom is -0.348 e. The Labute approximate surface area is 209 Å². The highest BCUT2D eigenvalue weighted by atomic mass is 19.4. The molecule has 0 aromatic heterocycles. The molecule has 0 spiro atoms. The molecular formula is C27H20F4N4O2. The largest absolute Gasteiger partial charge is 0.418 e. The third kappa shape index (κ3) is 4.69. The van der Waals surface area contributed by atoms with Crippen LogP contribution in [0.5, 0.6) is 0 Å². The van der Waals surface area contributed by atoms with Gasteiger partial charge in [0.25, 0.3) is 5.91 Å². The molecule has 3 aromatic carbocycles. The van der Waals surface area contributed by atoms with Gasteiger partial charge >= 0.3 is 12.2 Å². The van der Waals surface area contributed by atoms with Gasteiger partial charge in [-0.05, 0) is 54.0 Å². The van der Waals surface area contributed by atoms with Crippen molar-refractivity contribution in [2.45, 2.75) is 26.1 Å². The summed E-state index contributed by atoms with van der Waals surface area (Å²) in [7, 11) is 0. The Bertz CT molecular complexity index is 1510. The zero-order valence-corrected chi connectivity index (χ0v) is 19.5. The number of carbonyl (C=O) groups excluding carboxylic acids is 2. The first-order valence-corrected chi connectivity index (χ1v) is 11.3. The molecule has 37 heavy (non-hydrogen) atoms. The van der Waals surface area contributed by atoms with Crippen LogP contribution in [0.1, 0.15) is 40.4 Å². The number of para-hydroxylation sites is 1. The molecule has 0 bridgehead atoms. The number of halogens is 4. The monoisotopic (exact) mass is 508 g/mol. The van der Waals surface area contributed by atoms with Crippen LogP contribution in [0.15, 0.2) is 71.4 Å². The molecule has 3 aromatic rings. The van der Waals surface area contributed by atoms with Crippen LogP contribution in [0.4, 0.5) is 33.7 Å². The van der Waals surface area contributed by atoms with E-state index < -0.39 is 29.3 Å². The third-order valence-electron chi connectivity index (χ3n) is 6.16. The fourth-order valence-corrected chi connectivity index (χ4v) is 4.48. The van der Waals surface area contributed by atoms with Gasteiger partial charge in [0, 0.05) is 36.0 Å². The van der Waals surface area contributed by atoms with Gasteiger partial charge in [-0.25, -0.2) is 9.18 Å². The number of hydrogen-bond donors (Lipinski definition) is 3. The predicted molar refractivity (Wildman–Crippen MR) is 132 cm³/mol. The first-order chi connectivity index (χ1) is 17.6. The Morgan fingerprint density at radius 1 is 1.00 bits per heavy atom. The number of benzene rings is 3. The van der Waals surface area contributed by atoms with Crippen molar-refractivity contribution in [2.75, 3.05) is 10.6 Å². The first-order valence-electron chi connectivity index (χ1n) is 11.3. The van der Waals surface area contributed by atoms with E-state index in [2.05, 4.69) is 20.9 Å². The van der Waals surface area contributed by atoms with Gasteiger partial charge in [-0.15, -0.1) is 0 Å². The predicted octanol–water partition coefficient (Wildman–Crippen LogP) is 6.50. The van der Waals surface area contributed by atoms with E-state index in [1.165, 1.54) is 24.3 Å². The summed E-state index contributed by atoms with van der Waals surface area (Å²) in [6.45, 7) is 2.18. The van der Waals surface area contributed by atoms with Crippen LogP contribution < -0.4 is 16.0 Å². The van der Waals surface area contributed by atoms with Gasteiger partial charge in [-0.1, -0.05) is 24.3 Å². The Morgan fingerprint density at radius 3 is 2.43 bits per heavy atom. The second kappa shape index (κ2) is 9.20. The number of amides is 3. The number of aliphatic imine (C=N–C) groups is 1. The summed E-state index contributed by atoms with van der Waals surface area (Å²) in [6, 6.07) is 11.0. The molecule has 0 saturated carbocycles. The van der Waals surface area contributed by atoms with Gasteiger partial charge in [0.1, 0.15) is 5.82 Å². The Morgan fingerprint density at radius 2 is 1.73 bits per heavy atom. The molecule has 2 heterocycles. The van der Waals surface area contributed by atoms with Crippen molar-refractivity contribution in [3.05, 3.63) is 94.4 Å². The molecule has 5 rings (SSSR count). The van der Waals surface area contributed by atoms with E-state index in [0.29, 0.717) is 28.7 Å². The molecule has 0 unspecified atom stereocenters. The molecule has 0 atom stereocenters. The maximum Gasteiger partial charge on any atom is 0.418 e. The highest BCUT2D eigenvalue weighted by Gasteiger charge is 2.33. The molecule has 6 nitrogen and oxygen atoms in total. The summed E-state index contributed by atoms with van der Waals surface area (Å²) in [4.78, 5) is 29.3. The lowest BCUT2D eigenvalue weighted by atomic mass is 9.90. The number of hydrogen-bond acceptors (Lipinski definition) is 3. The summed E-state index contributed by atoms with van der Waals surface area (Å²) < 4.78 is 54.7. The number of nitrogens with one attached hydrogen (secondary N) is 3. The molecule has 0 radical (unpaired) electrons. The molecule has 2 aliphatic heterocycles. The number of carbonyl (C=O) groups is 2. The lowest BCUT2D eigenvalue weighted by Crippen LogP contribution is -2.21. The zero-order valence-electron chi connectivity index (χ0n) is 19.5. The van der Waals surface area contributed by atoms with Crippen LogP contribution in [0, 0.1) is 5.82 Å². The summed E-state index contributed by atoms with van der Waals surface area (Å²) in [5.41, 5.74) is 3.03. The first kappa shape index (κ1) is 24.2. The highest BCUT2D eigenvalue weighted by Crippen LogP contribution is 2.36. The van der Waals surface area contributed by atoms with E-state index in [1.54, 1.807) is 18.3 Å².